The molecule has 4 heteroatoms. The smallest absolute Gasteiger partial charge is 0.123 e. The first kappa shape index (κ1) is 16.9. The lowest BCUT2D eigenvalue weighted by atomic mass is 10.1. The fourth-order valence-electron chi connectivity index (χ4n) is 2.81. The molecule has 3 nitrogen and oxygen atoms in total. The normalized spacial score (nSPS) is 18.5. The van der Waals surface area contributed by atoms with Crippen molar-refractivity contribution in [3.05, 3.63) is 65.5 Å². The van der Waals surface area contributed by atoms with Crippen LogP contribution in [-0.2, 0) is 11.3 Å². The summed E-state index contributed by atoms with van der Waals surface area (Å²) in [6, 6.07) is 14.9. The van der Waals surface area contributed by atoms with E-state index in [9.17, 15) is 4.39 Å². The molecule has 2 atom stereocenters. The zero-order valence-electron chi connectivity index (χ0n) is 14.0. The van der Waals surface area contributed by atoms with E-state index in [0.717, 1.165) is 30.8 Å². The Morgan fingerprint density at radius 1 is 1.17 bits per heavy atom. The molecular formula is C20H24FNO2. The first-order valence-electron chi connectivity index (χ1n) is 8.53. The van der Waals surface area contributed by atoms with E-state index in [1.54, 1.807) is 12.1 Å². The van der Waals surface area contributed by atoms with Gasteiger partial charge in [0.2, 0.25) is 0 Å². The van der Waals surface area contributed by atoms with Gasteiger partial charge in [0.15, 0.2) is 0 Å². The van der Waals surface area contributed by atoms with Gasteiger partial charge < -0.3 is 14.8 Å². The molecule has 24 heavy (non-hydrogen) atoms. The lowest BCUT2D eigenvalue weighted by Gasteiger charge is -2.16. The average Bonchev–Trinajstić information content (AvgIpc) is 3.13. The highest BCUT2D eigenvalue weighted by atomic mass is 19.1. The van der Waals surface area contributed by atoms with Gasteiger partial charge in [-0.05, 0) is 55.2 Å². The van der Waals surface area contributed by atoms with Crippen molar-refractivity contribution in [3.8, 4) is 5.75 Å². The Hall–Kier alpha value is -1.91. The molecule has 0 aromatic heterocycles. The largest absolute Gasteiger partial charge is 0.491 e. The van der Waals surface area contributed by atoms with Crippen molar-refractivity contribution in [1.82, 2.24) is 5.32 Å². The Morgan fingerprint density at radius 2 is 1.92 bits per heavy atom. The minimum Gasteiger partial charge on any atom is -0.491 e. The third-order valence-electron chi connectivity index (χ3n) is 4.37. The second-order valence-corrected chi connectivity index (χ2v) is 6.24. The van der Waals surface area contributed by atoms with Crippen molar-refractivity contribution < 1.29 is 13.9 Å². The minimum absolute atomic E-state index is 0.203. The van der Waals surface area contributed by atoms with E-state index in [1.807, 2.05) is 12.1 Å². The fraction of sp³-hybridized carbons (Fsp3) is 0.400. The van der Waals surface area contributed by atoms with Crippen LogP contribution in [0.2, 0.25) is 0 Å². The summed E-state index contributed by atoms with van der Waals surface area (Å²) in [7, 11) is 0. The van der Waals surface area contributed by atoms with Crippen LogP contribution in [0.5, 0.6) is 5.75 Å². The Morgan fingerprint density at radius 3 is 2.58 bits per heavy atom. The highest BCUT2D eigenvalue weighted by Crippen LogP contribution is 2.20. The Labute approximate surface area is 142 Å². The third-order valence-corrected chi connectivity index (χ3v) is 4.37. The van der Waals surface area contributed by atoms with Crippen molar-refractivity contribution in [2.75, 3.05) is 13.2 Å². The number of halogens is 1. The summed E-state index contributed by atoms with van der Waals surface area (Å²) in [6.07, 6.45) is 2.45. The number of nitrogens with one attached hydrogen (secondary N) is 1. The second-order valence-electron chi connectivity index (χ2n) is 6.24. The summed E-state index contributed by atoms with van der Waals surface area (Å²) in [4.78, 5) is 0. The summed E-state index contributed by atoms with van der Waals surface area (Å²) in [5, 5.41) is 3.45. The van der Waals surface area contributed by atoms with Crippen LogP contribution in [0.15, 0.2) is 48.5 Å². The molecule has 1 fully saturated rings. The zero-order valence-corrected chi connectivity index (χ0v) is 14.0. The number of benzene rings is 2. The predicted molar refractivity (Wildman–Crippen MR) is 92.6 cm³/mol. The van der Waals surface area contributed by atoms with Crippen LogP contribution in [-0.4, -0.2) is 19.3 Å². The first-order valence-corrected chi connectivity index (χ1v) is 8.53. The molecule has 0 spiro atoms. The predicted octanol–water partition coefficient (Wildman–Crippen LogP) is 4.23. The van der Waals surface area contributed by atoms with Crippen molar-refractivity contribution in [2.24, 2.45) is 0 Å². The van der Waals surface area contributed by atoms with Crippen LogP contribution in [0, 0.1) is 5.82 Å². The van der Waals surface area contributed by atoms with Crippen LogP contribution >= 0.6 is 0 Å². The summed E-state index contributed by atoms with van der Waals surface area (Å²) in [5.41, 5.74) is 2.27. The molecule has 2 aromatic rings. The van der Waals surface area contributed by atoms with E-state index in [1.165, 1.54) is 17.7 Å². The molecule has 2 unspecified atom stereocenters. The second kappa shape index (κ2) is 8.27. The third kappa shape index (κ3) is 4.79. The van der Waals surface area contributed by atoms with Crippen molar-refractivity contribution in [2.45, 2.75) is 38.5 Å². The molecule has 0 aliphatic carbocycles. The van der Waals surface area contributed by atoms with Gasteiger partial charge in [-0.2, -0.15) is 0 Å². The quantitative estimate of drug-likeness (QED) is 0.824. The fourth-order valence-corrected chi connectivity index (χ4v) is 2.81. The maximum Gasteiger partial charge on any atom is 0.123 e. The van der Waals surface area contributed by atoms with Crippen molar-refractivity contribution >= 4 is 0 Å². The monoisotopic (exact) mass is 329 g/mol. The van der Waals surface area contributed by atoms with Gasteiger partial charge in [0.25, 0.3) is 0 Å². The van der Waals surface area contributed by atoms with E-state index < -0.39 is 0 Å². The van der Waals surface area contributed by atoms with Crippen molar-refractivity contribution in [3.63, 3.8) is 0 Å². The van der Waals surface area contributed by atoms with Crippen LogP contribution < -0.4 is 10.1 Å². The van der Waals surface area contributed by atoms with E-state index in [4.69, 9.17) is 9.47 Å². The van der Waals surface area contributed by atoms with E-state index in [0.29, 0.717) is 13.2 Å². The maximum atomic E-state index is 12.9. The molecule has 0 bridgehead atoms. The highest BCUT2D eigenvalue weighted by Gasteiger charge is 2.16. The molecule has 1 aliphatic heterocycles. The standard InChI is InChI=1S/C20H24FNO2/c1-15(22-13-16-4-8-18(21)9-5-16)17-6-10-19(11-7-17)24-14-20-3-2-12-23-20/h4-11,15,20,22H,2-3,12-14H2,1H3. The molecule has 1 N–H and O–H groups in total. The number of ether oxygens (including phenoxy) is 2. The number of hydrogen-bond donors (Lipinski definition) is 1. The van der Waals surface area contributed by atoms with Gasteiger partial charge in [-0.1, -0.05) is 24.3 Å². The molecular weight excluding hydrogens is 305 g/mol. The van der Waals surface area contributed by atoms with Crippen molar-refractivity contribution in [1.29, 1.82) is 0 Å². The van der Waals surface area contributed by atoms with Gasteiger partial charge >= 0.3 is 0 Å². The molecule has 1 aliphatic rings. The summed E-state index contributed by atoms with van der Waals surface area (Å²) in [5.74, 6) is 0.672. The molecule has 1 heterocycles. The highest BCUT2D eigenvalue weighted by molar-refractivity contribution is 5.29. The maximum absolute atomic E-state index is 12.9. The molecule has 2 aromatic carbocycles. The molecule has 0 amide bonds. The van der Waals surface area contributed by atoms with Gasteiger partial charge in [-0.3, -0.25) is 0 Å². The van der Waals surface area contributed by atoms with Crippen LogP contribution in [0.25, 0.3) is 0 Å². The molecule has 1 saturated heterocycles. The van der Waals surface area contributed by atoms with Crippen LogP contribution in [0.3, 0.4) is 0 Å². The van der Waals surface area contributed by atoms with E-state index in [2.05, 4.69) is 24.4 Å². The Kier molecular flexibility index (Phi) is 5.83. The topological polar surface area (TPSA) is 30.5 Å². The van der Waals surface area contributed by atoms with Crippen LogP contribution in [0.4, 0.5) is 4.39 Å². The summed E-state index contributed by atoms with van der Waals surface area (Å²) >= 11 is 0. The number of hydrogen-bond acceptors (Lipinski definition) is 3. The zero-order chi connectivity index (χ0) is 16.8. The first-order chi connectivity index (χ1) is 11.7. The molecule has 128 valence electrons. The van der Waals surface area contributed by atoms with Gasteiger partial charge in [0, 0.05) is 19.2 Å². The van der Waals surface area contributed by atoms with Crippen LogP contribution in [0.1, 0.15) is 36.9 Å². The lowest BCUT2D eigenvalue weighted by Crippen LogP contribution is -2.18. The number of rotatable bonds is 7. The SMILES string of the molecule is CC(NCc1ccc(F)cc1)c1ccc(OCC2CCCO2)cc1. The Bertz CT molecular complexity index is 621. The van der Waals surface area contributed by atoms with Gasteiger partial charge in [-0.15, -0.1) is 0 Å². The van der Waals surface area contributed by atoms with Gasteiger partial charge in [0.05, 0.1) is 6.10 Å². The molecule has 3 rings (SSSR count). The molecule has 0 radical (unpaired) electrons. The summed E-state index contributed by atoms with van der Waals surface area (Å²) in [6.45, 7) is 4.30. The minimum atomic E-state index is -0.203. The Balaban J connectivity index is 1.47. The lowest BCUT2D eigenvalue weighted by molar-refractivity contribution is 0.0679. The molecule has 0 saturated carbocycles. The van der Waals surface area contributed by atoms with Gasteiger partial charge in [0.1, 0.15) is 18.2 Å². The van der Waals surface area contributed by atoms with Gasteiger partial charge in [-0.25, -0.2) is 4.39 Å². The average molecular weight is 329 g/mol. The van der Waals surface area contributed by atoms with E-state index >= 15 is 0 Å². The summed E-state index contributed by atoms with van der Waals surface area (Å²) < 4.78 is 24.3. The van der Waals surface area contributed by atoms with E-state index in [-0.39, 0.29) is 18.0 Å².